The van der Waals surface area contributed by atoms with Crippen LogP contribution in [0.2, 0.25) is 0 Å². The maximum absolute atomic E-state index is 12.9. The van der Waals surface area contributed by atoms with Gasteiger partial charge in [0.1, 0.15) is 0 Å². The molecule has 0 radical (unpaired) electrons. The third-order valence-electron chi connectivity index (χ3n) is 4.15. The lowest BCUT2D eigenvalue weighted by atomic mass is 9.96. The number of aryl methyl sites for hydroxylation is 1. The van der Waals surface area contributed by atoms with E-state index in [2.05, 4.69) is 9.71 Å². The van der Waals surface area contributed by atoms with Crippen LogP contribution in [0.5, 0.6) is 0 Å². The molecule has 0 unspecified atom stereocenters. The Labute approximate surface area is 135 Å². The van der Waals surface area contributed by atoms with Gasteiger partial charge in [-0.25, -0.2) is 18.1 Å². The Hall–Kier alpha value is -0.920. The van der Waals surface area contributed by atoms with Crippen molar-refractivity contribution in [3.05, 3.63) is 16.8 Å². The maximum atomic E-state index is 12.9. The van der Waals surface area contributed by atoms with Gasteiger partial charge in [0.15, 0.2) is 9.99 Å². The van der Waals surface area contributed by atoms with Crippen LogP contribution in [0.3, 0.4) is 0 Å². The van der Waals surface area contributed by atoms with E-state index >= 15 is 0 Å². The maximum Gasteiger partial charge on any atom is 0.258 e. The van der Waals surface area contributed by atoms with Gasteiger partial charge >= 0.3 is 0 Å². The highest BCUT2D eigenvalue weighted by atomic mass is 32.2. The standard InChI is InChI=1S/C15H23N3O2S2/c1-10(2)13-14(18-9-11(3)21-15(18)16-13)22(19,20)17-12-7-5-4-6-8-12/h9-10,12,17H,4-8H2,1-3H3. The number of sulfonamides is 1. The number of fused-ring (bicyclic) bond motifs is 1. The smallest absolute Gasteiger partial charge is 0.258 e. The SMILES string of the molecule is Cc1cn2c(S(=O)(=O)NC3CCCCC3)c(C(C)C)nc2s1. The second-order valence-corrected chi connectivity index (χ2v) is 9.25. The van der Waals surface area contributed by atoms with Gasteiger partial charge in [0, 0.05) is 17.1 Å². The van der Waals surface area contributed by atoms with Crippen LogP contribution in [-0.2, 0) is 10.0 Å². The summed E-state index contributed by atoms with van der Waals surface area (Å²) >= 11 is 1.53. The summed E-state index contributed by atoms with van der Waals surface area (Å²) in [6, 6.07) is 0.0593. The number of rotatable bonds is 4. The van der Waals surface area contributed by atoms with Crippen LogP contribution < -0.4 is 4.72 Å². The Balaban J connectivity index is 2.04. The van der Waals surface area contributed by atoms with Crippen molar-refractivity contribution in [1.82, 2.24) is 14.1 Å². The first-order valence-corrected chi connectivity index (χ1v) is 10.2. The van der Waals surface area contributed by atoms with Gasteiger partial charge < -0.3 is 0 Å². The molecule has 2 aromatic heterocycles. The number of thiazole rings is 1. The van der Waals surface area contributed by atoms with E-state index in [0.29, 0.717) is 10.7 Å². The summed E-state index contributed by atoms with van der Waals surface area (Å²) < 4.78 is 30.5. The van der Waals surface area contributed by atoms with Crippen LogP contribution in [0, 0.1) is 6.92 Å². The first-order valence-electron chi connectivity index (χ1n) is 7.89. The molecule has 1 aliphatic carbocycles. The number of hydrogen-bond donors (Lipinski definition) is 1. The molecule has 22 heavy (non-hydrogen) atoms. The minimum atomic E-state index is -3.55. The second kappa shape index (κ2) is 5.94. The fourth-order valence-corrected chi connectivity index (χ4v) is 5.72. The summed E-state index contributed by atoms with van der Waals surface area (Å²) in [5.74, 6) is 0.0744. The Morgan fingerprint density at radius 3 is 2.64 bits per heavy atom. The molecule has 5 nitrogen and oxygen atoms in total. The van der Waals surface area contributed by atoms with Crippen molar-refractivity contribution in [2.75, 3.05) is 0 Å². The van der Waals surface area contributed by atoms with Gasteiger partial charge in [-0.05, 0) is 25.7 Å². The molecule has 0 aromatic carbocycles. The van der Waals surface area contributed by atoms with Crippen molar-refractivity contribution in [1.29, 1.82) is 0 Å². The molecule has 0 spiro atoms. The van der Waals surface area contributed by atoms with Crippen molar-refractivity contribution in [3.8, 4) is 0 Å². The largest absolute Gasteiger partial charge is 0.279 e. The zero-order valence-electron chi connectivity index (χ0n) is 13.3. The van der Waals surface area contributed by atoms with Crippen LogP contribution in [0.4, 0.5) is 0 Å². The molecule has 0 saturated heterocycles. The fourth-order valence-electron chi connectivity index (χ4n) is 3.09. The molecule has 2 aromatic rings. The van der Waals surface area contributed by atoms with E-state index in [1.54, 1.807) is 4.40 Å². The minimum absolute atomic E-state index is 0.0593. The monoisotopic (exact) mass is 341 g/mol. The highest BCUT2D eigenvalue weighted by Gasteiger charge is 2.30. The molecule has 0 amide bonds. The van der Waals surface area contributed by atoms with E-state index in [1.807, 2.05) is 27.0 Å². The first-order chi connectivity index (χ1) is 10.4. The Morgan fingerprint density at radius 1 is 1.32 bits per heavy atom. The fraction of sp³-hybridized carbons (Fsp3) is 0.667. The van der Waals surface area contributed by atoms with Gasteiger partial charge in [-0.15, -0.1) is 11.3 Å². The number of nitrogens with zero attached hydrogens (tertiary/aromatic N) is 2. The van der Waals surface area contributed by atoms with Crippen LogP contribution in [0.25, 0.3) is 4.96 Å². The number of imidazole rings is 1. The van der Waals surface area contributed by atoms with E-state index in [0.717, 1.165) is 35.5 Å². The number of hydrogen-bond acceptors (Lipinski definition) is 4. The predicted octanol–water partition coefficient (Wildman–Crippen LogP) is 3.44. The van der Waals surface area contributed by atoms with Crippen LogP contribution in [0.1, 0.15) is 62.4 Å². The molecule has 0 atom stereocenters. The van der Waals surface area contributed by atoms with Crippen molar-refractivity contribution in [3.63, 3.8) is 0 Å². The second-order valence-electron chi connectivity index (χ2n) is 6.41. The third-order valence-corrected chi connectivity index (χ3v) is 6.61. The third kappa shape index (κ3) is 2.94. The van der Waals surface area contributed by atoms with Gasteiger partial charge in [0.25, 0.3) is 10.0 Å². The quantitative estimate of drug-likeness (QED) is 0.926. The van der Waals surface area contributed by atoms with Gasteiger partial charge in [0.2, 0.25) is 0 Å². The molecule has 0 aliphatic heterocycles. The van der Waals surface area contributed by atoms with Crippen LogP contribution in [0.15, 0.2) is 11.2 Å². The lowest BCUT2D eigenvalue weighted by molar-refractivity contribution is 0.411. The van der Waals surface area contributed by atoms with E-state index < -0.39 is 10.0 Å². The summed E-state index contributed by atoms with van der Waals surface area (Å²) in [4.78, 5) is 6.37. The summed E-state index contributed by atoms with van der Waals surface area (Å²) in [6.45, 7) is 5.94. The van der Waals surface area contributed by atoms with E-state index in [4.69, 9.17) is 0 Å². The zero-order chi connectivity index (χ0) is 15.9. The van der Waals surface area contributed by atoms with Crippen molar-refractivity contribution >= 4 is 26.3 Å². The van der Waals surface area contributed by atoms with Crippen LogP contribution >= 0.6 is 11.3 Å². The summed E-state index contributed by atoms with van der Waals surface area (Å²) in [5, 5.41) is 0.326. The Bertz CT molecular complexity index is 768. The average Bonchev–Trinajstić information content (AvgIpc) is 2.94. The molecule has 2 heterocycles. The van der Waals surface area contributed by atoms with Gasteiger partial charge in [-0.3, -0.25) is 4.40 Å². The lowest BCUT2D eigenvalue weighted by Crippen LogP contribution is -2.37. The van der Waals surface area contributed by atoms with Gasteiger partial charge in [-0.2, -0.15) is 0 Å². The summed E-state index contributed by atoms with van der Waals surface area (Å²) in [7, 11) is -3.55. The predicted molar refractivity (Wildman–Crippen MR) is 89.1 cm³/mol. The van der Waals surface area contributed by atoms with Crippen molar-refractivity contribution in [2.24, 2.45) is 0 Å². The van der Waals surface area contributed by atoms with Crippen molar-refractivity contribution < 1.29 is 8.42 Å². The Kier molecular flexibility index (Phi) is 4.31. The number of nitrogens with one attached hydrogen (secondary N) is 1. The highest BCUT2D eigenvalue weighted by molar-refractivity contribution is 7.89. The topological polar surface area (TPSA) is 63.5 Å². The molecule has 122 valence electrons. The van der Waals surface area contributed by atoms with E-state index in [9.17, 15) is 8.42 Å². The highest BCUT2D eigenvalue weighted by Crippen LogP contribution is 2.29. The molecule has 1 N–H and O–H groups in total. The van der Waals surface area contributed by atoms with Crippen molar-refractivity contribution in [2.45, 2.75) is 69.9 Å². The lowest BCUT2D eigenvalue weighted by Gasteiger charge is -2.22. The van der Waals surface area contributed by atoms with E-state index in [-0.39, 0.29) is 12.0 Å². The molecule has 1 saturated carbocycles. The summed E-state index contributed by atoms with van der Waals surface area (Å²) in [6.07, 6.45) is 7.14. The Morgan fingerprint density at radius 2 is 2.00 bits per heavy atom. The molecular weight excluding hydrogens is 318 g/mol. The molecule has 3 rings (SSSR count). The average molecular weight is 342 g/mol. The van der Waals surface area contributed by atoms with Gasteiger partial charge in [0.05, 0.1) is 5.69 Å². The van der Waals surface area contributed by atoms with Gasteiger partial charge in [-0.1, -0.05) is 33.1 Å². The zero-order valence-corrected chi connectivity index (χ0v) is 14.9. The minimum Gasteiger partial charge on any atom is -0.279 e. The summed E-state index contributed by atoms with van der Waals surface area (Å²) in [5.41, 5.74) is 0.662. The van der Waals surface area contributed by atoms with E-state index in [1.165, 1.54) is 17.8 Å². The number of aromatic nitrogens is 2. The molecule has 7 heteroatoms. The molecule has 0 bridgehead atoms. The molecule has 1 fully saturated rings. The normalized spacial score (nSPS) is 17.6. The molecule has 1 aliphatic rings. The molecular formula is C15H23N3O2S2. The van der Waals surface area contributed by atoms with Crippen LogP contribution in [-0.4, -0.2) is 23.8 Å². The first kappa shape index (κ1) is 16.0.